The summed E-state index contributed by atoms with van der Waals surface area (Å²) in [6, 6.07) is 21.4. The number of halogens is 1. The Morgan fingerprint density at radius 2 is 1.55 bits per heavy atom. The minimum Gasteiger partial charge on any atom is -0.399 e. The average molecular weight is 454 g/mol. The maximum atomic E-state index is 12.7. The first-order valence-corrected chi connectivity index (χ1v) is 12.1. The van der Waals surface area contributed by atoms with Gasteiger partial charge in [0.05, 0.1) is 10.8 Å². The van der Waals surface area contributed by atoms with E-state index in [-0.39, 0.29) is 0 Å². The summed E-state index contributed by atoms with van der Waals surface area (Å²) in [6.07, 6.45) is 2.21. The lowest BCUT2D eigenvalue weighted by atomic mass is 9.86. The zero-order chi connectivity index (χ0) is 21.8. The summed E-state index contributed by atoms with van der Waals surface area (Å²) < 4.78 is 12.7. The number of anilines is 1. The van der Waals surface area contributed by atoms with Gasteiger partial charge in [0.25, 0.3) is 0 Å². The maximum absolute atomic E-state index is 12.7. The van der Waals surface area contributed by atoms with Crippen LogP contribution in [0.5, 0.6) is 0 Å². The molecular weight excluding hydrogens is 426 g/mol. The van der Waals surface area contributed by atoms with Gasteiger partial charge in [-0.2, -0.15) is 0 Å². The number of rotatable bonds is 6. The van der Waals surface area contributed by atoms with E-state index in [0.29, 0.717) is 17.5 Å². The highest BCUT2D eigenvalue weighted by atomic mass is 35.5. The Labute approximate surface area is 191 Å². The van der Waals surface area contributed by atoms with Gasteiger partial charge in [0.2, 0.25) is 0 Å². The fraction of sp³-hybridized carbons (Fsp3) is 0.280. The van der Waals surface area contributed by atoms with Crippen LogP contribution in [0.2, 0.25) is 5.02 Å². The van der Waals surface area contributed by atoms with E-state index < -0.39 is 10.8 Å². The molecule has 4 rings (SSSR count). The molecule has 0 bridgehead atoms. The minimum atomic E-state index is -1.19. The highest BCUT2D eigenvalue weighted by Crippen LogP contribution is 2.32. The van der Waals surface area contributed by atoms with E-state index in [9.17, 15) is 4.21 Å². The van der Waals surface area contributed by atoms with Crippen molar-refractivity contribution in [3.63, 3.8) is 0 Å². The molecule has 0 aromatic heterocycles. The highest BCUT2D eigenvalue weighted by molar-refractivity contribution is 7.85. The van der Waals surface area contributed by atoms with Crippen LogP contribution in [0.1, 0.15) is 35.4 Å². The summed E-state index contributed by atoms with van der Waals surface area (Å²) in [7, 11) is -1.19. The lowest BCUT2D eigenvalue weighted by Crippen LogP contribution is -2.32. The number of hydrogen-bond donors (Lipinski definition) is 2. The number of piperidine rings is 1. The molecule has 6 heteroatoms. The van der Waals surface area contributed by atoms with Crippen LogP contribution in [0.3, 0.4) is 0 Å². The maximum Gasteiger partial charge on any atom is 0.0849 e. The largest absolute Gasteiger partial charge is 0.399 e. The molecule has 1 aliphatic heterocycles. The molecule has 0 amide bonds. The second kappa shape index (κ2) is 9.96. The van der Waals surface area contributed by atoms with Gasteiger partial charge in [-0.3, -0.25) is 4.90 Å². The van der Waals surface area contributed by atoms with Gasteiger partial charge < -0.3 is 11.5 Å². The van der Waals surface area contributed by atoms with E-state index in [1.807, 2.05) is 30.3 Å². The standard InChI is InChI=1S/C25H28ClN3OS/c26-21-4-9-24(10-5-21)31(30)23-7-1-18(2-8-23)17-29-13-11-19(12-14-29)25-15-22(28)6-3-20(25)16-27/h1-10,15,19H,11-14,16-17,27-28H2. The second-order valence-corrected chi connectivity index (χ2v) is 10.00. The summed E-state index contributed by atoms with van der Waals surface area (Å²) in [4.78, 5) is 4.05. The fourth-order valence-electron chi connectivity index (χ4n) is 4.25. The first-order chi connectivity index (χ1) is 15.0. The molecule has 0 aliphatic carbocycles. The quantitative estimate of drug-likeness (QED) is 0.519. The Balaban J connectivity index is 1.35. The summed E-state index contributed by atoms with van der Waals surface area (Å²) in [5, 5.41) is 0.648. The molecule has 1 aliphatic rings. The van der Waals surface area contributed by atoms with E-state index in [1.54, 1.807) is 12.1 Å². The van der Waals surface area contributed by atoms with Crippen LogP contribution in [0.15, 0.2) is 76.5 Å². The van der Waals surface area contributed by atoms with Gasteiger partial charge >= 0.3 is 0 Å². The predicted molar refractivity (Wildman–Crippen MR) is 129 cm³/mol. The molecule has 162 valence electrons. The molecule has 1 saturated heterocycles. The topological polar surface area (TPSA) is 72.3 Å². The number of benzene rings is 3. The molecule has 1 atom stereocenters. The molecular formula is C25H28ClN3OS. The lowest BCUT2D eigenvalue weighted by Gasteiger charge is -2.33. The van der Waals surface area contributed by atoms with Crippen molar-refractivity contribution >= 4 is 28.1 Å². The molecule has 1 fully saturated rings. The number of nitrogens with two attached hydrogens (primary N) is 2. The molecule has 4 nitrogen and oxygen atoms in total. The Kier molecular flexibility index (Phi) is 7.08. The van der Waals surface area contributed by atoms with Gasteiger partial charge in [0.1, 0.15) is 0 Å². The molecule has 3 aromatic rings. The average Bonchev–Trinajstić information content (AvgIpc) is 2.80. The van der Waals surface area contributed by atoms with E-state index in [0.717, 1.165) is 48.0 Å². The molecule has 31 heavy (non-hydrogen) atoms. The van der Waals surface area contributed by atoms with Crippen LogP contribution in [0.4, 0.5) is 5.69 Å². The van der Waals surface area contributed by atoms with E-state index >= 15 is 0 Å². The summed E-state index contributed by atoms with van der Waals surface area (Å²) in [5.41, 5.74) is 16.5. The van der Waals surface area contributed by atoms with Crippen molar-refractivity contribution in [3.8, 4) is 0 Å². The number of nitrogen functional groups attached to an aromatic ring is 1. The van der Waals surface area contributed by atoms with Gasteiger partial charge in [-0.15, -0.1) is 0 Å². The third kappa shape index (κ3) is 5.36. The number of hydrogen-bond acceptors (Lipinski definition) is 4. The first kappa shape index (κ1) is 22.0. The van der Waals surface area contributed by atoms with E-state index in [4.69, 9.17) is 23.1 Å². The van der Waals surface area contributed by atoms with Crippen LogP contribution < -0.4 is 11.5 Å². The van der Waals surface area contributed by atoms with Crippen molar-refractivity contribution in [1.29, 1.82) is 0 Å². The van der Waals surface area contributed by atoms with Crippen LogP contribution in [-0.4, -0.2) is 22.2 Å². The molecule has 0 saturated carbocycles. The third-order valence-electron chi connectivity index (χ3n) is 5.99. The van der Waals surface area contributed by atoms with Crippen molar-refractivity contribution in [2.45, 2.75) is 41.6 Å². The van der Waals surface area contributed by atoms with Crippen molar-refractivity contribution < 1.29 is 4.21 Å². The Hall–Kier alpha value is -2.18. The lowest BCUT2D eigenvalue weighted by molar-refractivity contribution is 0.204. The molecule has 0 spiro atoms. The Morgan fingerprint density at radius 1 is 0.935 bits per heavy atom. The second-order valence-electron chi connectivity index (χ2n) is 8.08. The van der Waals surface area contributed by atoms with Crippen LogP contribution in [0, 0.1) is 0 Å². The van der Waals surface area contributed by atoms with Crippen molar-refractivity contribution in [2.75, 3.05) is 18.8 Å². The van der Waals surface area contributed by atoms with Crippen molar-refractivity contribution in [3.05, 3.63) is 88.4 Å². The Morgan fingerprint density at radius 3 is 2.16 bits per heavy atom. The monoisotopic (exact) mass is 453 g/mol. The van der Waals surface area contributed by atoms with Crippen LogP contribution >= 0.6 is 11.6 Å². The number of nitrogens with zero attached hydrogens (tertiary/aromatic N) is 1. The van der Waals surface area contributed by atoms with Gasteiger partial charge in [0, 0.05) is 33.6 Å². The third-order valence-corrected chi connectivity index (χ3v) is 7.64. The predicted octanol–water partition coefficient (Wildman–Crippen LogP) is 4.93. The zero-order valence-electron chi connectivity index (χ0n) is 17.5. The first-order valence-electron chi connectivity index (χ1n) is 10.6. The van der Waals surface area contributed by atoms with E-state index in [1.165, 1.54) is 16.7 Å². The molecule has 0 radical (unpaired) electrons. The highest BCUT2D eigenvalue weighted by Gasteiger charge is 2.22. The van der Waals surface area contributed by atoms with Crippen LogP contribution in [0.25, 0.3) is 0 Å². The SMILES string of the molecule is NCc1ccc(N)cc1C1CCN(Cc2ccc(S(=O)c3ccc(Cl)cc3)cc2)CC1. The van der Waals surface area contributed by atoms with Crippen molar-refractivity contribution in [1.82, 2.24) is 4.90 Å². The van der Waals surface area contributed by atoms with Gasteiger partial charge in [-0.05, 0) is 97.1 Å². The van der Waals surface area contributed by atoms with E-state index in [2.05, 4.69) is 29.2 Å². The minimum absolute atomic E-state index is 0.516. The fourth-order valence-corrected chi connectivity index (χ4v) is 5.42. The van der Waals surface area contributed by atoms with Crippen molar-refractivity contribution in [2.24, 2.45) is 5.73 Å². The summed E-state index contributed by atoms with van der Waals surface area (Å²) >= 11 is 5.93. The summed E-state index contributed by atoms with van der Waals surface area (Å²) in [6.45, 7) is 3.55. The molecule has 1 unspecified atom stereocenters. The smallest absolute Gasteiger partial charge is 0.0849 e. The van der Waals surface area contributed by atoms with Crippen LogP contribution in [-0.2, 0) is 23.9 Å². The molecule has 3 aromatic carbocycles. The summed E-state index contributed by atoms with van der Waals surface area (Å²) in [5.74, 6) is 0.516. The Bertz CT molecular complexity index is 1050. The van der Waals surface area contributed by atoms with Gasteiger partial charge in [0.15, 0.2) is 0 Å². The van der Waals surface area contributed by atoms with Gasteiger partial charge in [-0.25, -0.2) is 4.21 Å². The normalized spacial score (nSPS) is 16.3. The molecule has 1 heterocycles. The molecule has 4 N–H and O–H groups in total. The van der Waals surface area contributed by atoms with Gasteiger partial charge in [-0.1, -0.05) is 29.8 Å². The number of likely N-dealkylation sites (tertiary alicyclic amines) is 1. The zero-order valence-corrected chi connectivity index (χ0v) is 19.0.